The zero-order valence-corrected chi connectivity index (χ0v) is 11.3. The van der Waals surface area contributed by atoms with E-state index in [9.17, 15) is 19.1 Å². The third-order valence-electron chi connectivity index (χ3n) is 3.55. The minimum atomic E-state index is -0.564. The Labute approximate surface area is 117 Å². The number of fused-ring (bicyclic) bond motifs is 2. The summed E-state index contributed by atoms with van der Waals surface area (Å²) in [5.41, 5.74) is -0.0738. The summed E-state index contributed by atoms with van der Waals surface area (Å²) in [5.74, 6) is -1.08. The van der Waals surface area contributed by atoms with Gasteiger partial charge in [-0.2, -0.15) is 0 Å². The Morgan fingerprint density at radius 3 is 2.62 bits per heavy atom. The number of aromatic hydroxyl groups is 1. The van der Waals surface area contributed by atoms with Crippen LogP contribution in [0.4, 0.5) is 10.1 Å². The third-order valence-corrected chi connectivity index (χ3v) is 3.55. The van der Waals surface area contributed by atoms with Crippen molar-refractivity contribution >= 4 is 27.5 Å². The lowest BCUT2D eigenvalue weighted by Crippen LogP contribution is -2.15. The SMILES string of the molecule is CNc1cc2c(cc1F)c(=O)c1c(O)[nH]c(=O)cc1n2C. The van der Waals surface area contributed by atoms with Crippen molar-refractivity contribution in [3.63, 3.8) is 0 Å². The van der Waals surface area contributed by atoms with Crippen LogP contribution in [-0.2, 0) is 7.05 Å². The van der Waals surface area contributed by atoms with Crippen molar-refractivity contribution in [3.05, 3.63) is 44.6 Å². The van der Waals surface area contributed by atoms with Crippen molar-refractivity contribution in [1.29, 1.82) is 0 Å². The molecule has 0 aliphatic heterocycles. The molecule has 6 nitrogen and oxygen atoms in total. The second-order valence-electron chi connectivity index (χ2n) is 4.73. The molecule has 0 saturated carbocycles. The lowest BCUT2D eigenvalue weighted by atomic mass is 10.1. The topological polar surface area (TPSA) is 87.1 Å². The molecule has 0 fully saturated rings. The van der Waals surface area contributed by atoms with E-state index in [2.05, 4.69) is 10.3 Å². The minimum Gasteiger partial charge on any atom is -0.494 e. The molecule has 3 aromatic rings. The molecule has 7 heteroatoms. The van der Waals surface area contributed by atoms with E-state index < -0.39 is 22.7 Å². The highest BCUT2D eigenvalue weighted by molar-refractivity contribution is 5.96. The monoisotopic (exact) mass is 289 g/mol. The van der Waals surface area contributed by atoms with E-state index in [1.165, 1.54) is 12.1 Å². The molecule has 0 aliphatic rings. The number of pyridine rings is 2. The van der Waals surface area contributed by atoms with E-state index in [1.807, 2.05) is 0 Å². The number of halogens is 1. The first-order valence-corrected chi connectivity index (χ1v) is 6.20. The molecule has 2 aromatic heterocycles. The summed E-state index contributed by atoms with van der Waals surface area (Å²) < 4.78 is 15.4. The van der Waals surface area contributed by atoms with E-state index in [-0.39, 0.29) is 22.0 Å². The third kappa shape index (κ3) is 1.78. The van der Waals surface area contributed by atoms with Gasteiger partial charge < -0.3 is 15.0 Å². The van der Waals surface area contributed by atoms with Crippen molar-refractivity contribution in [2.24, 2.45) is 7.05 Å². The first-order valence-electron chi connectivity index (χ1n) is 6.20. The predicted molar refractivity (Wildman–Crippen MR) is 78.5 cm³/mol. The van der Waals surface area contributed by atoms with Crippen LogP contribution >= 0.6 is 0 Å². The van der Waals surface area contributed by atoms with Crippen molar-refractivity contribution in [1.82, 2.24) is 9.55 Å². The summed E-state index contributed by atoms with van der Waals surface area (Å²) in [7, 11) is 3.21. The molecular weight excluding hydrogens is 277 g/mol. The van der Waals surface area contributed by atoms with Gasteiger partial charge in [0.05, 0.1) is 16.7 Å². The Kier molecular flexibility index (Phi) is 2.72. The van der Waals surface area contributed by atoms with Crippen LogP contribution in [0.25, 0.3) is 21.8 Å². The van der Waals surface area contributed by atoms with Crippen molar-refractivity contribution < 1.29 is 9.50 Å². The Hall–Kier alpha value is -2.83. The summed E-state index contributed by atoms with van der Waals surface area (Å²) in [6, 6.07) is 3.83. The maximum Gasteiger partial charge on any atom is 0.252 e. The van der Waals surface area contributed by atoms with Gasteiger partial charge in [-0.3, -0.25) is 14.6 Å². The van der Waals surface area contributed by atoms with Crippen molar-refractivity contribution in [2.75, 3.05) is 12.4 Å². The van der Waals surface area contributed by atoms with Gasteiger partial charge in [-0.05, 0) is 12.1 Å². The van der Waals surface area contributed by atoms with E-state index in [0.717, 1.165) is 6.07 Å². The molecule has 0 spiro atoms. The molecule has 0 aliphatic carbocycles. The van der Waals surface area contributed by atoms with E-state index in [4.69, 9.17) is 0 Å². The quantitative estimate of drug-likeness (QED) is 0.589. The van der Waals surface area contributed by atoms with Gasteiger partial charge in [0.25, 0.3) is 5.56 Å². The van der Waals surface area contributed by atoms with Gasteiger partial charge in [-0.15, -0.1) is 0 Å². The number of anilines is 1. The number of H-pyrrole nitrogens is 1. The summed E-state index contributed by atoms with van der Waals surface area (Å²) in [6.45, 7) is 0. The highest BCUT2D eigenvalue weighted by atomic mass is 19.1. The van der Waals surface area contributed by atoms with E-state index in [1.54, 1.807) is 18.7 Å². The number of aromatic amines is 1. The highest BCUT2D eigenvalue weighted by Gasteiger charge is 2.15. The molecule has 3 N–H and O–H groups in total. The van der Waals surface area contributed by atoms with Crippen molar-refractivity contribution in [2.45, 2.75) is 0 Å². The summed E-state index contributed by atoms with van der Waals surface area (Å²) >= 11 is 0. The van der Waals surface area contributed by atoms with Crippen LogP contribution in [0.2, 0.25) is 0 Å². The number of hydrogen-bond acceptors (Lipinski definition) is 4. The normalized spacial score (nSPS) is 11.2. The molecule has 0 saturated heterocycles. The van der Waals surface area contributed by atoms with E-state index in [0.29, 0.717) is 5.52 Å². The fourth-order valence-corrected chi connectivity index (χ4v) is 2.50. The van der Waals surface area contributed by atoms with Gasteiger partial charge in [-0.25, -0.2) is 4.39 Å². The Bertz CT molecular complexity index is 1000. The van der Waals surface area contributed by atoms with Gasteiger partial charge in [-0.1, -0.05) is 0 Å². The molecule has 108 valence electrons. The molecule has 1 aromatic carbocycles. The van der Waals surface area contributed by atoms with Gasteiger partial charge in [0.15, 0.2) is 0 Å². The standard InChI is InChI=1S/C14H12FN3O3/c1-16-8-4-9-6(3-7(8)15)13(20)12-10(18(9)2)5-11(19)17-14(12)21/h3-5,16H,1-2H3,(H2,17,19,21). The molecule has 0 unspecified atom stereocenters. The van der Waals surface area contributed by atoms with E-state index >= 15 is 0 Å². The van der Waals surface area contributed by atoms with Crippen molar-refractivity contribution in [3.8, 4) is 5.88 Å². The highest BCUT2D eigenvalue weighted by Crippen LogP contribution is 2.25. The first kappa shape index (κ1) is 13.2. The Morgan fingerprint density at radius 1 is 1.24 bits per heavy atom. The van der Waals surface area contributed by atoms with Crippen LogP contribution < -0.4 is 16.3 Å². The number of rotatable bonds is 1. The molecule has 0 amide bonds. The predicted octanol–water partition coefficient (Wildman–Crippen LogP) is 1.27. The largest absolute Gasteiger partial charge is 0.494 e. The van der Waals surface area contributed by atoms with Crippen LogP contribution in [0.3, 0.4) is 0 Å². The van der Waals surface area contributed by atoms with Gasteiger partial charge in [0.1, 0.15) is 11.2 Å². The maximum atomic E-state index is 13.9. The zero-order valence-electron chi connectivity index (χ0n) is 11.3. The van der Waals surface area contributed by atoms with Gasteiger partial charge in [0.2, 0.25) is 11.3 Å². The Balaban J connectivity index is 2.66. The molecule has 2 heterocycles. The molecule has 3 rings (SSSR count). The van der Waals surface area contributed by atoms with Gasteiger partial charge >= 0.3 is 0 Å². The summed E-state index contributed by atoms with van der Waals surface area (Å²) in [4.78, 5) is 26.1. The van der Waals surface area contributed by atoms with Crippen LogP contribution in [0.5, 0.6) is 5.88 Å². The van der Waals surface area contributed by atoms with Crippen LogP contribution in [0.15, 0.2) is 27.8 Å². The number of aromatic nitrogens is 2. The number of aryl methyl sites for hydroxylation is 1. The second kappa shape index (κ2) is 4.34. The fourth-order valence-electron chi connectivity index (χ4n) is 2.50. The van der Waals surface area contributed by atoms with Crippen LogP contribution in [0, 0.1) is 5.82 Å². The molecule has 21 heavy (non-hydrogen) atoms. The average molecular weight is 289 g/mol. The van der Waals surface area contributed by atoms with Crippen LogP contribution in [0.1, 0.15) is 0 Å². The first-order chi connectivity index (χ1) is 9.93. The summed E-state index contributed by atoms with van der Waals surface area (Å²) in [5, 5.41) is 12.6. The number of nitrogens with one attached hydrogen (secondary N) is 2. The minimum absolute atomic E-state index is 0.0405. The molecule has 0 radical (unpaired) electrons. The molecular formula is C14H12FN3O3. The fraction of sp³-hybridized carbons (Fsp3) is 0.143. The molecule has 0 bridgehead atoms. The summed E-state index contributed by atoms with van der Waals surface area (Å²) in [6.07, 6.45) is 0. The lowest BCUT2D eigenvalue weighted by molar-refractivity contribution is 0.458. The zero-order chi connectivity index (χ0) is 15.3. The smallest absolute Gasteiger partial charge is 0.252 e. The van der Waals surface area contributed by atoms with Gasteiger partial charge in [0, 0.05) is 25.5 Å². The number of hydrogen-bond donors (Lipinski definition) is 3. The number of nitrogens with zero attached hydrogens (tertiary/aromatic N) is 1. The maximum absolute atomic E-state index is 13.9. The Morgan fingerprint density at radius 2 is 1.95 bits per heavy atom. The second-order valence-corrected chi connectivity index (χ2v) is 4.73. The molecule has 0 atom stereocenters. The van der Waals surface area contributed by atoms with Crippen LogP contribution in [-0.4, -0.2) is 21.7 Å². The lowest BCUT2D eigenvalue weighted by Gasteiger charge is -2.12. The average Bonchev–Trinajstić information content (AvgIpc) is 2.43. The number of benzene rings is 1.